The van der Waals surface area contributed by atoms with Crippen LogP contribution in [0.5, 0.6) is 0 Å². The van der Waals surface area contributed by atoms with Gasteiger partial charge in [-0.25, -0.2) is 9.36 Å². The SMILES string of the molecule is CCOC(=O)C1(Cn2c(=O)n(-c3cncc4ccccc34)c(=O)c3cc(C(F)(F)F)ccc32)CC1. The van der Waals surface area contributed by atoms with Gasteiger partial charge in [-0.05, 0) is 38.0 Å². The number of hydrogen-bond donors (Lipinski definition) is 0. The molecule has 0 aliphatic heterocycles. The van der Waals surface area contributed by atoms with Crippen molar-refractivity contribution in [3.05, 3.63) is 81.3 Å². The van der Waals surface area contributed by atoms with Crippen LogP contribution < -0.4 is 11.2 Å². The highest BCUT2D eigenvalue weighted by molar-refractivity contribution is 5.90. The summed E-state index contributed by atoms with van der Waals surface area (Å²) in [6.07, 6.45) is -0.862. The molecule has 4 aromatic rings. The predicted molar refractivity (Wildman–Crippen MR) is 122 cm³/mol. The Balaban J connectivity index is 1.83. The zero-order chi connectivity index (χ0) is 25.0. The second-order valence-corrected chi connectivity index (χ2v) is 8.62. The summed E-state index contributed by atoms with van der Waals surface area (Å²) in [5, 5.41) is 0.898. The molecule has 0 spiro atoms. The largest absolute Gasteiger partial charge is 0.466 e. The third-order valence-electron chi connectivity index (χ3n) is 6.38. The Kier molecular flexibility index (Phi) is 5.26. The Morgan fingerprint density at radius 2 is 1.83 bits per heavy atom. The van der Waals surface area contributed by atoms with E-state index in [0.29, 0.717) is 23.6 Å². The highest BCUT2D eigenvalue weighted by Crippen LogP contribution is 2.48. The third kappa shape index (κ3) is 3.78. The summed E-state index contributed by atoms with van der Waals surface area (Å²) in [6, 6.07) is 9.60. The number of carbonyl (C=O) groups is 1. The van der Waals surface area contributed by atoms with Crippen molar-refractivity contribution >= 4 is 27.6 Å². The summed E-state index contributed by atoms with van der Waals surface area (Å²) in [4.78, 5) is 44.0. The van der Waals surface area contributed by atoms with Gasteiger partial charge in [0.15, 0.2) is 0 Å². The lowest BCUT2D eigenvalue weighted by atomic mass is 10.1. The van der Waals surface area contributed by atoms with Crippen molar-refractivity contribution in [2.24, 2.45) is 5.41 Å². The van der Waals surface area contributed by atoms with E-state index < -0.39 is 34.4 Å². The van der Waals surface area contributed by atoms with E-state index in [-0.39, 0.29) is 29.7 Å². The Bertz CT molecular complexity index is 1590. The fourth-order valence-electron chi connectivity index (χ4n) is 4.36. The van der Waals surface area contributed by atoms with Crippen molar-refractivity contribution in [3.63, 3.8) is 0 Å². The Labute approximate surface area is 196 Å². The van der Waals surface area contributed by atoms with Crippen LogP contribution in [0.25, 0.3) is 27.4 Å². The molecule has 0 saturated heterocycles. The van der Waals surface area contributed by atoms with Gasteiger partial charge in [0.2, 0.25) is 0 Å². The maximum absolute atomic E-state index is 13.7. The molecule has 0 bridgehead atoms. The van der Waals surface area contributed by atoms with Gasteiger partial charge in [-0.1, -0.05) is 24.3 Å². The van der Waals surface area contributed by atoms with Gasteiger partial charge in [0.05, 0.1) is 40.4 Å². The molecular weight excluding hydrogens is 463 g/mol. The van der Waals surface area contributed by atoms with E-state index in [0.717, 1.165) is 22.8 Å². The van der Waals surface area contributed by atoms with Gasteiger partial charge < -0.3 is 4.74 Å². The van der Waals surface area contributed by atoms with Crippen molar-refractivity contribution < 1.29 is 22.7 Å². The van der Waals surface area contributed by atoms with Gasteiger partial charge in [-0.3, -0.25) is 19.1 Å². The van der Waals surface area contributed by atoms with E-state index in [4.69, 9.17) is 4.74 Å². The van der Waals surface area contributed by atoms with Gasteiger partial charge in [-0.2, -0.15) is 13.2 Å². The maximum atomic E-state index is 13.7. The molecule has 0 N–H and O–H groups in total. The van der Waals surface area contributed by atoms with Crippen LogP contribution in [0.3, 0.4) is 0 Å². The first-order chi connectivity index (χ1) is 16.7. The molecule has 35 heavy (non-hydrogen) atoms. The molecule has 1 fully saturated rings. The van der Waals surface area contributed by atoms with Crippen molar-refractivity contribution in [1.82, 2.24) is 14.1 Å². The smallest absolute Gasteiger partial charge is 0.416 e. The number of nitrogens with zero attached hydrogens (tertiary/aromatic N) is 3. The molecule has 1 aliphatic carbocycles. The fourth-order valence-corrected chi connectivity index (χ4v) is 4.36. The van der Waals surface area contributed by atoms with Gasteiger partial charge in [0, 0.05) is 23.5 Å². The number of carbonyl (C=O) groups excluding carboxylic acids is 1. The van der Waals surface area contributed by atoms with Gasteiger partial charge in [0.1, 0.15) is 0 Å². The molecule has 0 atom stereocenters. The quantitative estimate of drug-likeness (QED) is 0.400. The minimum absolute atomic E-state index is 0.0213. The molecule has 0 unspecified atom stereocenters. The van der Waals surface area contributed by atoms with Gasteiger partial charge in [0.25, 0.3) is 5.56 Å². The molecular formula is C25H20F3N3O4. The number of esters is 1. The van der Waals surface area contributed by atoms with Crippen molar-refractivity contribution in [3.8, 4) is 5.69 Å². The fraction of sp³-hybridized carbons (Fsp3) is 0.280. The van der Waals surface area contributed by atoms with E-state index in [2.05, 4.69) is 4.98 Å². The standard InChI is InChI=1S/C25H20F3N3O4/c1-2-35-22(33)24(9-10-24)14-30-19-8-7-16(25(26,27)28)11-18(19)21(32)31(23(30)34)20-13-29-12-15-5-3-4-6-17(15)20/h3-8,11-13H,2,9-10,14H2,1H3. The molecule has 7 nitrogen and oxygen atoms in total. The summed E-state index contributed by atoms with van der Waals surface area (Å²) in [7, 11) is 0. The molecule has 5 rings (SSSR count). The molecule has 2 aromatic heterocycles. The topological polar surface area (TPSA) is 83.2 Å². The number of halogens is 3. The number of fused-ring (bicyclic) bond motifs is 2. The minimum atomic E-state index is -4.68. The number of hydrogen-bond acceptors (Lipinski definition) is 5. The summed E-state index contributed by atoms with van der Waals surface area (Å²) in [5.41, 5.74) is -3.47. The third-order valence-corrected chi connectivity index (χ3v) is 6.38. The number of rotatable bonds is 5. The summed E-state index contributed by atoms with van der Waals surface area (Å²) >= 11 is 0. The van der Waals surface area contributed by atoms with E-state index in [1.165, 1.54) is 10.8 Å². The van der Waals surface area contributed by atoms with Crippen molar-refractivity contribution in [1.29, 1.82) is 0 Å². The van der Waals surface area contributed by atoms with Crippen molar-refractivity contribution in [2.75, 3.05) is 6.61 Å². The Hall–Kier alpha value is -3.95. The second-order valence-electron chi connectivity index (χ2n) is 8.62. The molecule has 0 amide bonds. The van der Waals surface area contributed by atoms with Crippen LogP contribution in [-0.2, 0) is 22.3 Å². The first-order valence-corrected chi connectivity index (χ1v) is 11.0. The van der Waals surface area contributed by atoms with E-state index in [1.54, 1.807) is 37.4 Å². The molecule has 2 heterocycles. The van der Waals surface area contributed by atoms with Crippen LogP contribution in [0.2, 0.25) is 0 Å². The lowest BCUT2D eigenvalue weighted by molar-refractivity contribution is -0.150. The Morgan fingerprint density at radius 1 is 1.09 bits per heavy atom. The molecule has 2 aromatic carbocycles. The minimum Gasteiger partial charge on any atom is -0.466 e. The molecule has 1 saturated carbocycles. The number of aromatic nitrogens is 3. The maximum Gasteiger partial charge on any atom is 0.416 e. The number of pyridine rings is 1. The zero-order valence-corrected chi connectivity index (χ0v) is 18.6. The molecule has 0 radical (unpaired) electrons. The van der Waals surface area contributed by atoms with Crippen LogP contribution in [0.1, 0.15) is 25.3 Å². The van der Waals surface area contributed by atoms with Crippen LogP contribution in [0, 0.1) is 5.41 Å². The highest BCUT2D eigenvalue weighted by Gasteiger charge is 2.52. The van der Waals surface area contributed by atoms with Gasteiger partial charge in [-0.15, -0.1) is 0 Å². The lowest BCUT2D eigenvalue weighted by Gasteiger charge is -2.20. The predicted octanol–water partition coefficient (Wildman–Crippen LogP) is 4.06. The van der Waals surface area contributed by atoms with Gasteiger partial charge >= 0.3 is 17.8 Å². The van der Waals surface area contributed by atoms with Crippen LogP contribution in [0.15, 0.2) is 64.4 Å². The molecule has 10 heteroatoms. The van der Waals surface area contributed by atoms with E-state index in [1.807, 2.05) is 0 Å². The number of ether oxygens (including phenoxy) is 1. The zero-order valence-electron chi connectivity index (χ0n) is 18.6. The average molecular weight is 483 g/mol. The first kappa shape index (κ1) is 22.8. The average Bonchev–Trinajstić information content (AvgIpc) is 3.62. The summed E-state index contributed by atoms with van der Waals surface area (Å²) in [5.74, 6) is -0.475. The monoisotopic (exact) mass is 483 g/mol. The van der Waals surface area contributed by atoms with Crippen molar-refractivity contribution in [2.45, 2.75) is 32.5 Å². The Morgan fingerprint density at radius 3 is 2.51 bits per heavy atom. The van der Waals surface area contributed by atoms with E-state index in [9.17, 15) is 27.6 Å². The molecule has 180 valence electrons. The van der Waals surface area contributed by atoms with Crippen LogP contribution in [-0.4, -0.2) is 26.7 Å². The normalized spacial score (nSPS) is 14.9. The van der Waals surface area contributed by atoms with Crippen LogP contribution in [0.4, 0.5) is 13.2 Å². The molecule has 1 aliphatic rings. The summed E-state index contributed by atoms with van der Waals surface area (Å²) < 4.78 is 47.6. The highest BCUT2D eigenvalue weighted by atomic mass is 19.4. The van der Waals surface area contributed by atoms with Crippen LogP contribution >= 0.6 is 0 Å². The summed E-state index contributed by atoms with van der Waals surface area (Å²) in [6.45, 7) is 1.71. The number of alkyl halides is 3. The number of benzene rings is 2. The van der Waals surface area contributed by atoms with E-state index >= 15 is 0 Å². The lowest BCUT2D eigenvalue weighted by Crippen LogP contribution is -2.41. The first-order valence-electron chi connectivity index (χ1n) is 11.0. The second kappa shape index (κ2) is 8.07.